The van der Waals surface area contributed by atoms with E-state index in [9.17, 15) is 4.79 Å². The maximum atomic E-state index is 12.2. The smallest absolute Gasteiger partial charge is 0.224 e. The van der Waals surface area contributed by atoms with Gasteiger partial charge in [-0.05, 0) is 6.42 Å². The maximum Gasteiger partial charge on any atom is 0.224 e. The standard InChI is InChI=1S/C14H26N2O4/c1-18-11-12-9-13(19-2)10-16(12)4-3-14(17)15-5-7-20-8-6-15/h12-13H,3-11H2,1-2H3/t12-,13+/m0/s1. The van der Waals surface area contributed by atoms with Gasteiger partial charge in [-0.15, -0.1) is 0 Å². The highest BCUT2D eigenvalue weighted by molar-refractivity contribution is 5.76. The zero-order valence-electron chi connectivity index (χ0n) is 12.5. The highest BCUT2D eigenvalue weighted by Crippen LogP contribution is 2.20. The number of carbonyl (C=O) groups is 1. The Kier molecular flexibility index (Phi) is 6.22. The van der Waals surface area contributed by atoms with Crippen molar-refractivity contribution in [1.82, 2.24) is 9.80 Å². The molecule has 2 heterocycles. The van der Waals surface area contributed by atoms with E-state index in [1.165, 1.54) is 0 Å². The van der Waals surface area contributed by atoms with E-state index in [4.69, 9.17) is 14.2 Å². The molecule has 0 aromatic carbocycles. The molecule has 0 aliphatic carbocycles. The minimum atomic E-state index is 0.227. The number of morpholine rings is 1. The molecule has 0 N–H and O–H groups in total. The van der Waals surface area contributed by atoms with Crippen molar-refractivity contribution < 1.29 is 19.0 Å². The first-order valence-electron chi connectivity index (χ1n) is 7.36. The van der Waals surface area contributed by atoms with Gasteiger partial charge < -0.3 is 19.1 Å². The Balaban J connectivity index is 1.77. The molecule has 2 rings (SSSR count). The fourth-order valence-electron chi connectivity index (χ4n) is 2.96. The summed E-state index contributed by atoms with van der Waals surface area (Å²) in [5.74, 6) is 0.227. The molecule has 2 saturated heterocycles. The summed E-state index contributed by atoms with van der Waals surface area (Å²) in [7, 11) is 3.47. The average Bonchev–Trinajstić information content (AvgIpc) is 2.88. The van der Waals surface area contributed by atoms with Crippen LogP contribution in [0.2, 0.25) is 0 Å². The summed E-state index contributed by atoms with van der Waals surface area (Å²) in [4.78, 5) is 16.4. The van der Waals surface area contributed by atoms with Gasteiger partial charge in [0.1, 0.15) is 0 Å². The molecule has 0 unspecified atom stereocenters. The largest absolute Gasteiger partial charge is 0.383 e. The molecule has 0 aromatic rings. The second-order valence-corrected chi connectivity index (χ2v) is 5.44. The summed E-state index contributed by atoms with van der Waals surface area (Å²) in [6.07, 6.45) is 1.81. The van der Waals surface area contributed by atoms with Gasteiger partial charge in [0, 0.05) is 52.9 Å². The monoisotopic (exact) mass is 286 g/mol. The van der Waals surface area contributed by atoms with Crippen LogP contribution >= 0.6 is 0 Å². The Hall–Kier alpha value is -0.690. The second kappa shape index (κ2) is 7.93. The second-order valence-electron chi connectivity index (χ2n) is 5.44. The first kappa shape index (κ1) is 15.7. The van der Waals surface area contributed by atoms with Gasteiger partial charge in [0.05, 0.1) is 25.9 Å². The zero-order chi connectivity index (χ0) is 14.4. The van der Waals surface area contributed by atoms with Crippen LogP contribution in [0.5, 0.6) is 0 Å². The van der Waals surface area contributed by atoms with Crippen molar-refractivity contribution in [1.29, 1.82) is 0 Å². The summed E-state index contributed by atoms with van der Waals surface area (Å²) in [5.41, 5.74) is 0. The van der Waals surface area contributed by atoms with E-state index in [1.807, 2.05) is 4.90 Å². The number of carbonyl (C=O) groups excluding carboxylic acids is 1. The molecule has 6 heteroatoms. The van der Waals surface area contributed by atoms with Crippen molar-refractivity contribution >= 4 is 5.91 Å². The molecule has 2 aliphatic heterocycles. The van der Waals surface area contributed by atoms with Gasteiger partial charge in [-0.3, -0.25) is 9.69 Å². The lowest BCUT2D eigenvalue weighted by molar-refractivity contribution is -0.135. The number of hydrogen-bond donors (Lipinski definition) is 0. The molecule has 1 amide bonds. The van der Waals surface area contributed by atoms with Crippen LogP contribution in [0.25, 0.3) is 0 Å². The minimum absolute atomic E-state index is 0.227. The van der Waals surface area contributed by atoms with E-state index in [0.29, 0.717) is 32.3 Å². The lowest BCUT2D eigenvalue weighted by Gasteiger charge is -2.28. The molecule has 0 radical (unpaired) electrons. The van der Waals surface area contributed by atoms with Gasteiger partial charge in [-0.1, -0.05) is 0 Å². The predicted octanol–water partition coefficient (Wildman–Crippen LogP) is -0.0290. The van der Waals surface area contributed by atoms with E-state index >= 15 is 0 Å². The van der Waals surface area contributed by atoms with E-state index < -0.39 is 0 Å². The summed E-state index contributed by atoms with van der Waals surface area (Å²) in [5, 5.41) is 0. The number of amides is 1. The van der Waals surface area contributed by atoms with Crippen molar-refractivity contribution in [2.75, 3.05) is 60.2 Å². The van der Waals surface area contributed by atoms with Crippen molar-refractivity contribution in [3.8, 4) is 0 Å². The number of likely N-dealkylation sites (tertiary alicyclic amines) is 1. The van der Waals surface area contributed by atoms with E-state index in [2.05, 4.69) is 4.90 Å². The lowest BCUT2D eigenvalue weighted by Crippen LogP contribution is -2.43. The molecule has 0 bridgehead atoms. The maximum absolute atomic E-state index is 12.2. The molecule has 0 saturated carbocycles. The van der Waals surface area contributed by atoms with Crippen molar-refractivity contribution in [2.45, 2.75) is 25.0 Å². The summed E-state index contributed by atoms with van der Waals surface area (Å²) in [6, 6.07) is 0.363. The molecule has 6 nitrogen and oxygen atoms in total. The van der Waals surface area contributed by atoms with Crippen LogP contribution < -0.4 is 0 Å². The Morgan fingerprint density at radius 3 is 2.70 bits per heavy atom. The SMILES string of the molecule is COC[C@@H]1C[C@@H](OC)CN1CCC(=O)N1CCOCC1. The molecule has 0 aromatic heterocycles. The quantitative estimate of drug-likeness (QED) is 0.686. The molecule has 2 atom stereocenters. The first-order chi connectivity index (χ1) is 9.74. The topological polar surface area (TPSA) is 51.2 Å². The summed E-state index contributed by atoms with van der Waals surface area (Å²) < 4.78 is 16.0. The molecule has 2 aliphatic rings. The van der Waals surface area contributed by atoms with Crippen molar-refractivity contribution in [2.24, 2.45) is 0 Å². The number of nitrogens with zero attached hydrogens (tertiary/aromatic N) is 2. The molecule has 20 heavy (non-hydrogen) atoms. The van der Waals surface area contributed by atoms with E-state index in [0.717, 1.165) is 32.6 Å². The van der Waals surface area contributed by atoms with Gasteiger partial charge in [0.2, 0.25) is 5.91 Å². The summed E-state index contributed by atoms with van der Waals surface area (Å²) >= 11 is 0. The summed E-state index contributed by atoms with van der Waals surface area (Å²) in [6.45, 7) is 5.14. The minimum Gasteiger partial charge on any atom is -0.383 e. The zero-order valence-corrected chi connectivity index (χ0v) is 12.5. The Morgan fingerprint density at radius 1 is 1.30 bits per heavy atom. The first-order valence-corrected chi connectivity index (χ1v) is 7.36. The van der Waals surface area contributed by atoms with Crippen LogP contribution in [-0.4, -0.2) is 88.1 Å². The van der Waals surface area contributed by atoms with Crippen LogP contribution in [-0.2, 0) is 19.0 Å². The number of hydrogen-bond acceptors (Lipinski definition) is 5. The normalized spacial score (nSPS) is 28.0. The fraction of sp³-hybridized carbons (Fsp3) is 0.929. The van der Waals surface area contributed by atoms with Crippen LogP contribution in [0.3, 0.4) is 0 Å². The van der Waals surface area contributed by atoms with Crippen LogP contribution in [0, 0.1) is 0 Å². The van der Waals surface area contributed by atoms with Crippen LogP contribution in [0.1, 0.15) is 12.8 Å². The number of ether oxygens (including phenoxy) is 3. The Labute approximate surface area is 120 Å². The Morgan fingerprint density at radius 2 is 2.05 bits per heavy atom. The van der Waals surface area contributed by atoms with Gasteiger partial charge in [-0.25, -0.2) is 0 Å². The molecule has 0 spiro atoms. The molecule has 116 valence electrons. The average molecular weight is 286 g/mol. The van der Waals surface area contributed by atoms with Gasteiger partial charge in [0.15, 0.2) is 0 Å². The predicted molar refractivity (Wildman–Crippen MR) is 74.7 cm³/mol. The van der Waals surface area contributed by atoms with Crippen molar-refractivity contribution in [3.05, 3.63) is 0 Å². The highest BCUT2D eigenvalue weighted by Gasteiger charge is 2.32. The van der Waals surface area contributed by atoms with Crippen LogP contribution in [0.4, 0.5) is 0 Å². The van der Waals surface area contributed by atoms with Crippen molar-refractivity contribution in [3.63, 3.8) is 0 Å². The lowest BCUT2D eigenvalue weighted by atomic mass is 10.2. The highest BCUT2D eigenvalue weighted by atomic mass is 16.5. The molecule has 2 fully saturated rings. The Bertz CT molecular complexity index is 308. The number of rotatable bonds is 6. The van der Waals surface area contributed by atoms with E-state index in [-0.39, 0.29) is 12.0 Å². The molecular weight excluding hydrogens is 260 g/mol. The van der Waals surface area contributed by atoms with Crippen LogP contribution in [0.15, 0.2) is 0 Å². The third kappa shape index (κ3) is 4.15. The molecular formula is C14H26N2O4. The van der Waals surface area contributed by atoms with E-state index in [1.54, 1.807) is 14.2 Å². The third-order valence-corrected chi connectivity index (χ3v) is 4.16. The van der Waals surface area contributed by atoms with Gasteiger partial charge >= 0.3 is 0 Å². The fourth-order valence-corrected chi connectivity index (χ4v) is 2.96. The third-order valence-electron chi connectivity index (χ3n) is 4.16. The van der Waals surface area contributed by atoms with Gasteiger partial charge in [-0.2, -0.15) is 0 Å². The van der Waals surface area contributed by atoms with Gasteiger partial charge in [0.25, 0.3) is 0 Å². The number of methoxy groups -OCH3 is 2.